The number of fused-ring (bicyclic) bond motifs is 1. The van der Waals surface area contributed by atoms with Crippen molar-refractivity contribution in [1.29, 1.82) is 0 Å². The van der Waals surface area contributed by atoms with Crippen LogP contribution in [0.1, 0.15) is 15.9 Å². The number of carbonyl (C=O) groups excluding carboxylic acids is 1. The maximum absolute atomic E-state index is 12.5. The molecule has 2 aromatic carbocycles. The molecule has 30 heavy (non-hydrogen) atoms. The molecule has 154 valence electrons. The fourth-order valence-electron chi connectivity index (χ4n) is 3.33. The molecule has 4 rings (SSSR count). The zero-order chi connectivity index (χ0) is 21.1. The second-order valence-corrected chi connectivity index (χ2v) is 7.13. The molecule has 0 atom stereocenters. The zero-order valence-corrected chi connectivity index (χ0v) is 16.7. The van der Waals surface area contributed by atoms with Crippen molar-refractivity contribution in [3.8, 4) is 0 Å². The van der Waals surface area contributed by atoms with Crippen molar-refractivity contribution in [2.75, 3.05) is 31.2 Å². The molecule has 0 amide bonds. The lowest BCUT2D eigenvalue weighted by atomic mass is 10.1. The highest BCUT2D eigenvalue weighted by molar-refractivity contribution is 6.30. The van der Waals surface area contributed by atoms with Crippen LogP contribution < -0.4 is 4.90 Å². The van der Waals surface area contributed by atoms with Crippen LogP contribution in [0.5, 0.6) is 0 Å². The van der Waals surface area contributed by atoms with Gasteiger partial charge < -0.3 is 14.4 Å². The first-order chi connectivity index (χ1) is 14.5. The Labute approximate surface area is 177 Å². The fourth-order valence-corrected chi connectivity index (χ4v) is 3.53. The summed E-state index contributed by atoms with van der Waals surface area (Å²) in [5, 5.41) is 12.7. The molecule has 0 N–H and O–H groups in total. The SMILES string of the molecule is O=C(OCc1cc2ccccc2nc1Cl)c1ccc(N2CCOCC2)c([N+](=O)[O-])c1. The van der Waals surface area contributed by atoms with Crippen LogP contribution in [0.4, 0.5) is 11.4 Å². The molecule has 0 unspecified atom stereocenters. The van der Waals surface area contributed by atoms with Crippen molar-refractivity contribution in [3.63, 3.8) is 0 Å². The quantitative estimate of drug-likeness (QED) is 0.263. The van der Waals surface area contributed by atoms with Gasteiger partial charge in [-0.05, 0) is 24.3 Å². The number of ether oxygens (including phenoxy) is 2. The van der Waals surface area contributed by atoms with Gasteiger partial charge in [-0.3, -0.25) is 10.1 Å². The van der Waals surface area contributed by atoms with E-state index in [1.54, 1.807) is 6.07 Å². The number of nitro benzene ring substituents is 1. The number of benzene rings is 2. The maximum Gasteiger partial charge on any atom is 0.338 e. The number of para-hydroxylation sites is 1. The van der Waals surface area contributed by atoms with Crippen LogP contribution in [0.2, 0.25) is 5.15 Å². The summed E-state index contributed by atoms with van der Waals surface area (Å²) in [4.78, 5) is 29.7. The fraction of sp³-hybridized carbons (Fsp3) is 0.238. The Balaban J connectivity index is 1.52. The minimum absolute atomic E-state index is 0.0888. The summed E-state index contributed by atoms with van der Waals surface area (Å²) in [5.74, 6) is -0.671. The van der Waals surface area contributed by atoms with E-state index in [2.05, 4.69) is 4.98 Å². The number of halogens is 1. The highest BCUT2D eigenvalue weighted by Crippen LogP contribution is 2.30. The normalized spacial score (nSPS) is 14.0. The van der Waals surface area contributed by atoms with E-state index in [4.69, 9.17) is 21.1 Å². The molecule has 2 heterocycles. The lowest BCUT2D eigenvalue weighted by molar-refractivity contribution is -0.384. The van der Waals surface area contributed by atoms with Gasteiger partial charge in [0, 0.05) is 30.1 Å². The van der Waals surface area contributed by atoms with Gasteiger partial charge in [-0.1, -0.05) is 29.8 Å². The van der Waals surface area contributed by atoms with Gasteiger partial charge in [-0.2, -0.15) is 0 Å². The minimum atomic E-state index is -0.671. The van der Waals surface area contributed by atoms with Gasteiger partial charge in [-0.25, -0.2) is 9.78 Å². The Morgan fingerprint density at radius 1 is 1.20 bits per heavy atom. The summed E-state index contributed by atoms with van der Waals surface area (Å²) >= 11 is 6.20. The number of aromatic nitrogens is 1. The van der Waals surface area contributed by atoms with Gasteiger partial charge in [0.2, 0.25) is 0 Å². The second-order valence-electron chi connectivity index (χ2n) is 6.77. The number of nitrogens with zero attached hydrogens (tertiary/aromatic N) is 3. The van der Waals surface area contributed by atoms with Crippen LogP contribution in [0, 0.1) is 10.1 Å². The van der Waals surface area contributed by atoms with Gasteiger partial charge in [-0.15, -0.1) is 0 Å². The van der Waals surface area contributed by atoms with Crippen molar-refractivity contribution in [3.05, 3.63) is 74.9 Å². The van der Waals surface area contributed by atoms with Crippen LogP contribution in [-0.2, 0) is 16.1 Å². The van der Waals surface area contributed by atoms with Crippen LogP contribution in [-0.4, -0.2) is 42.2 Å². The largest absolute Gasteiger partial charge is 0.457 e. The molecule has 0 bridgehead atoms. The summed E-state index contributed by atoms with van der Waals surface area (Å²) in [6, 6.07) is 13.6. The van der Waals surface area contributed by atoms with E-state index >= 15 is 0 Å². The number of hydrogen-bond acceptors (Lipinski definition) is 7. The third kappa shape index (κ3) is 4.19. The predicted molar refractivity (Wildman–Crippen MR) is 112 cm³/mol. The van der Waals surface area contributed by atoms with E-state index in [9.17, 15) is 14.9 Å². The van der Waals surface area contributed by atoms with Crippen LogP contribution >= 0.6 is 11.6 Å². The lowest BCUT2D eigenvalue weighted by Crippen LogP contribution is -2.36. The Bertz CT molecular complexity index is 1110. The van der Waals surface area contributed by atoms with E-state index in [0.29, 0.717) is 37.6 Å². The topological polar surface area (TPSA) is 94.8 Å². The van der Waals surface area contributed by atoms with Crippen molar-refractivity contribution < 1.29 is 19.2 Å². The predicted octanol–water partition coefficient (Wildman–Crippen LogP) is 3.99. The van der Waals surface area contributed by atoms with Gasteiger partial charge in [0.25, 0.3) is 5.69 Å². The van der Waals surface area contributed by atoms with Crippen LogP contribution in [0.25, 0.3) is 10.9 Å². The van der Waals surface area contributed by atoms with E-state index < -0.39 is 10.9 Å². The van der Waals surface area contributed by atoms with Gasteiger partial charge in [0.1, 0.15) is 17.4 Å². The second kappa shape index (κ2) is 8.64. The molecule has 0 aliphatic carbocycles. The number of morpholine rings is 1. The summed E-state index contributed by atoms with van der Waals surface area (Å²) in [6.07, 6.45) is 0. The Morgan fingerprint density at radius 3 is 2.73 bits per heavy atom. The first-order valence-electron chi connectivity index (χ1n) is 9.35. The minimum Gasteiger partial charge on any atom is -0.457 e. The number of hydrogen-bond donors (Lipinski definition) is 0. The molecule has 0 radical (unpaired) electrons. The molecular weight excluding hydrogens is 410 g/mol. The maximum atomic E-state index is 12.5. The third-order valence-corrected chi connectivity index (χ3v) is 5.20. The van der Waals surface area contributed by atoms with Gasteiger partial charge >= 0.3 is 5.97 Å². The first kappa shape index (κ1) is 20.1. The number of carbonyl (C=O) groups is 1. The third-order valence-electron chi connectivity index (χ3n) is 4.87. The number of pyridine rings is 1. The van der Waals surface area contributed by atoms with Crippen LogP contribution in [0.3, 0.4) is 0 Å². The van der Waals surface area contributed by atoms with Gasteiger partial charge in [0.15, 0.2) is 0 Å². The van der Waals surface area contributed by atoms with Gasteiger partial charge in [0.05, 0.1) is 29.2 Å². The molecule has 1 aromatic heterocycles. The summed E-state index contributed by atoms with van der Waals surface area (Å²) < 4.78 is 10.6. The monoisotopic (exact) mass is 427 g/mol. The average molecular weight is 428 g/mol. The van der Waals surface area contributed by atoms with Crippen molar-refractivity contribution in [1.82, 2.24) is 4.98 Å². The van der Waals surface area contributed by atoms with Crippen molar-refractivity contribution >= 4 is 39.8 Å². The number of anilines is 1. The van der Waals surface area contributed by atoms with E-state index in [0.717, 1.165) is 10.9 Å². The molecule has 0 saturated carbocycles. The first-order valence-corrected chi connectivity index (χ1v) is 9.73. The molecule has 9 heteroatoms. The molecule has 8 nitrogen and oxygen atoms in total. The van der Waals surface area contributed by atoms with Crippen molar-refractivity contribution in [2.24, 2.45) is 0 Å². The molecule has 1 aliphatic rings. The number of esters is 1. The summed E-state index contributed by atoms with van der Waals surface area (Å²) in [5.41, 5.74) is 1.72. The Morgan fingerprint density at radius 2 is 1.97 bits per heavy atom. The molecular formula is C21H18ClN3O5. The number of nitro groups is 1. The smallest absolute Gasteiger partial charge is 0.338 e. The Hall–Kier alpha value is -3.23. The van der Waals surface area contributed by atoms with E-state index in [1.807, 2.05) is 35.2 Å². The molecule has 0 spiro atoms. The van der Waals surface area contributed by atoms with Crippen molar-refractivity contribution in [2.45, 2.75) is 6.61 Å². The molecule has 3 aromatic rings. The Kier molecular flexibility index (Phi) is 5.78. The highest BCUT2D eigenvalue weighted by Gasteiger charge is 2.24. The van der Waals surface area contributed by atoms with E-state index in [1.165, 1.54) is 12.1 Å². The molecule has 1 fully saturated rings. The standard InChI is InChI=1S/C21H18ClN3O5/c22-20-16(11-14-3-1-2-4-17(14)23-20)13-30-21(26)15-5-6-18(19(12-15)25(27)28)24-7-9-29-10-8-24/h1-6,11-12H,7-10,13H2. The summed E-state index contributed by atoms with van der Waals surface area (Å²) in [7, 11) is 0. The van der Waals surface area contributed by atoms with Crippen LogP contribution in [0.15, 0.2) is 48.5 Å². The average Bonchev–Trinajstić information content (AvgIpc) is 2.77. The zero-order valence-electron chi connectivity index (χ0n) is 15.9. The van der Waals surface area contributed by atoms with E-state index in [-0.39, 0.29) is 23.0 Å². The lowest BCUT2D eigenvalue weighted by Gasteiger charge is -2.28. The molecule has 1 aliphatic heterocycles. The number of rotatable bonds is 5. The highest BCUT2D eigenvalue weighted by atomic mass is 35.5. The summed E-state index contributed by atoms with van der Waals surface area (Å²) in [6.45, 7) is 2.02. The molecule has 1 saturated heterocycles.